The van der Waals surface area contributed by atoms with Crippen LogP contribution < -0.4 is 0 Å². The maximum atomic E-state index is 6.49. The summed E-state index contributed by atoms with van der Waals surface area (Å²) >= 11 is 0. The van der Waals surface area contributed by atoms with Crippen LogP contribution in [0.2, 0.25) is 0 Å². The highest BCUT2D eigenvalue weighted by Gasteiger charge is 2.23. The van der Waals surface area contributed by atoms with Crippen molar-refractivity contribution in [3.05, 3.63) is 176 Å². The molecule has 12 rings (SSSR count). The first kappa shape index (κ1) is 31.5. The highest BCUT2D eigenvalue weighted by Crippen LogP contribution is 2.44. The van der Waals surface area contributed by atoms with Gasteiger partial charge in [-0.1, -0.05) is 115 Å². The van der Waals surface area contributed by atoms with E-state index in [-0.39, 0.29) is 0 Å². The van der Waals surface area contributed by atoms with Crippen molar-refractivity contribution in [3.8, 4) is 56.4 Å². The Bertz CT molecular complexity index is 3520. The van der Waals surface area contributed by atoms with E-state index < -0.39 is 0 Å². The third kappa shape index (κ3) is 5.08. The normalized spacial score (nSPS) is 11.9. The third-order valence-electron chi connectivity index (χ3n) is 11.0. The molecule has 0 N–H and O–H groups in total. The number of rotatable bonds is 5. The molecular weight excluding hydrogens is 703 g/mol. The van der Waals surface area contributed by atoms with E-state index in [0.29, 0.717) is 17.5 Å². The lowest BCUT2D eigenvalue weighted by Crippen LogP contribution is -2.01. The van der Waals surface area contributed by atoms with Gasteiger partial charge in [0.1, 0.15) is 33.5 Å². The quantitative estimate of drug-likeness (QED) is 0.175. The Morgan fingerprint density at radius 2 is 0.719 bits per heavy atom. The standard InChI is InChI=1S/C51H29N3O3/c1-2-10-30(11-3-1)31-18-20-32(21-19-31)49-52-50(34-23-26-45-40(29-34)37-13-5-8-16-42(37)56-45)54-51(53-49)48-35(24-27-46-47(48)38-14-6-9-17-43(38)57-46)33-22-25-44-39(28-33)36-12-4-7-15-41(36)55-44/h1-29H. The Balaban J connectivity index is 1.13. The van der Waals surface area contributed by atoms with Crippen molar-refractivity contribution in [2.75, 3.05) is 0 Å². The second-order valence-electron chi connectivity index (χ2n) is 14.3. The van der Waals surface area contributed by atoms with Gasteiger partial charge in [-0.25, -0.2) is 15.0 Å². The summed E-state index contributed by atoms with van der Waals surface area (Å²) in [5.74, 6) is 1.67. The molecule has 0 atom stereocenters. The maximum Gasteiger partial charge on any atom is 0.165 e. The van der Waals surface area contributed by atoms with Crippen LogP contribution in [-0.2, 0) is 0 Å². The van der Waals surface area contributed by atoms with Crippen molar-refractivity contribution in [2.45, 2.75) is 0 Å². The highest BCUT2D eigenvalue weighted by molar-refractivity contribution is 6.16. The lowest BCUT2D eigenvalue weighted by atomic mass is 9.93. The number of furan rings is 3. The van der Waals surface area contributed by atoms with E-state index in [1.165, 1.54) is 0 Å². The summed E-state index contributed by atoms with van der Waals surface area (Å²) in [5.41, 5.74) is 11.7. The van der Waals surface area contributed by atoms with Crippen molar-refractivity contribution in [3.63, 3.8) is 0 Å². The molecule has 0 aliphatic rings. The fourth-order valence-corrected chi connectivity index (χ4v) is 8.24. The number of hydrogen-bond acceptors (Lipinski definition) is 6. The number of fused-ring (bicyclic) bond motifs is 9. The molecule has 0 saturated carbocycles. The van der Waals surface area contributed by atoms with Crippen molar-refractivity contribution in [2.24, 2.45) is 0 Å². The van der Waals surface area contributed by atoms with Crippen LogP contribution in [0.3, 0.4) is 0 Å². The van der Waals surface area contributed by atoms with E-state index in [2.05, 4.69) is 103 Å². The molecule has 0 saturated heterocycles. The molecule has 6 heteroatoms. The average molecular weight is 732 g/mol. The summed E-state index contributed by atoms with van der Waals surface area (Å²) in [6.07, 6.45) is 0. The van der Waals surface area contributed by atoms with Gasteiger partial charge in [0.2, 0.25) is 0 Å². The molecule has 6 nitrogen and oxygen atoms in total. The lowest BCUT2D eigenvalue weighted by molar-refractivity contribution is 0.668. The van der Waals surface area contributed by atoms with Gasteiger partial charge in [-0.15, -0.1) is 0 Å². The molecule has 0 amide bonds. The van der Waals surface area contributed by atoms with E-state index >= 15 is 0 Å². The monoisotopic (exact) mass is 731 g/mol. The molecule has 8 aromatic carbocycles. The SMILES string of the molecule is c1ccc(-c2ccc(-c3nc(-c4ccc5oc6ccccc6c5c4)nc(-c4c(-c5ccc6oc7ccccc7c6c5)ccc5oc6ccccc6c45)n3)cc2)cc1. The Hall–Kier alpha value is -7.83. The summed E-state index contributed by atoms with van der Waals surface area (Å²) < 4.78 is 18.9. The van der Waals surface area contributed by atoms with Crippen LogP contribution in [0.4, 0.5) is 0 Å². The predicted molar refractivity (Wildman–Crippen MR) is 229 cm³/mol. The van der Waals surface area contributed by atoms with Gasteiger partial charge in [0, 0.05) is 49.0 Å². The van der Waals surface area contributed by atoms with Gasteiger partial charge in [-0.05, 0) is 82.9 Å². The van der Waals surface area contributed by atoms with Gasteiger partial charge >= 0.3 is 0 Å². The molecule has 0 unspecified atom stereocenters. The van der Waals surface area contributed by atoms with Crippen molar-refractivity contribution in [1.82, 2.24) is 15.0 Å². The van der Waals surface area contributed by atoms with Gasteiger partial charge in [0.15, 0.2) is 17.5 Å². The molecule has 12 aromatic rings. The largest absolute Gasteiger partial charge is 0.456 e. The van der Waals surface area contributed by atoms with Crippen LogP contribution in [0.5, 0.6) is 0 Å². The van der Waals surface area contributed by atoms with E-state index in [0.717, 1.165) is 105 Å². The summed E-state index contributed by atoms with van der Waals surface area (Å²) in [4.78, 5) is 15.9. The first-order valence-electron chi connectivity index (χ1n) is 18.9. The lowest BCUT2D eigenvalue weighted by Gasteiger charge is -2.14. The second-order valence-corrected chi connectivity index (χ2v) is 14.3. The minimum atomic E-state index is 0.545. The number of nitrogens with zero attached hydrogens (tertiary/aromatic N) is 3. The molecule has 0 bridgehead atoms. The van der Waals surface area contributed by atoms with E-state index in [1.807, 2.05) is 72.8 Å². The zero-order valence-electron chi connectivity index (χ0n) is 30.3. The zero-order chi connectivity index (χ0) is 37.5. The van der Waals surface area contributed by atoms with E-state index in [1.54, 1.807) is 0 Å². The summed E-state index contributed by atoms with van der Waals surface area (Å²) in [7, 11) is 0. The second kappa shape index (κ2) is 12.3. The fraction of sp³-hybridized carbons (Fsp3) is 0. The number of hydrogen-bond donors (Lipinski definition) is 0. The number of para-hydroxylation sites is 3. The Kier molecular flexibility index (Phi) is 6.83. The molecular formula is C51H29N3O3. The maximum absolute atomic E-state index is 6.49. The van der Waals surface area contributed by atoms with Crippen molar-refractivity contribution >= 4 is 65.8 Å². The summed E-state index contributed by atoms with van der Waals surface area (Å²) in [5, 5.41) is 6.08. The molecule has 0 aliphatic carbocycles. The summed E-state index contributed by atoms with van der Waals surface area (Å²) in [6, 6.07) is 59.9. The highest BCUT2D eigenvalue weighted by atomic mass is 16.3. The Morgan fingerprint density at radius 3 is 1.40 bits per heavy atom. The van der Waals surface area contributed by atoms with Gasteiger partial charge < -0.3 is 13.3 Å². The average Bonchev–Trinajstić information content (AvgIpc) is 3.97. The van der Waals surface area contributed by atoms with Crippen LogP contribution in [0, 0.1) is 0 Å². The smallest absolute Gasteiger partial charge is 0.165 e. The van der Waals surface area contributed by atoms with Gasteiger partial charge in [0.05, 0.1) is 0 Å². The van der Waals surface area contributed by atoms with Crippen LogP contribution in [0.15, 0.2) is 189 Å². The van der Waals surface area contributed by atoms with Crippen molar-refractivity contribution < 1.29 is 13.3 Å². The number of benzene rings is 8. The van der Waals surface area contributed by atoms with Gasteiger partial charge in [-0.3, -0.25) is 0 Å². The van der Waals surface area contributed by atoms with Crippen LogP contribution >= 0.6 is 0 Å². The summed E-state index contributed by atoms with van der Waals surface area (Å²) in [6.45, 7) is 0. The van der Waals surface area contributed by atoms with Crippen LogP contribution in [0.1, 0.15) is 0 Å². The number of aromatic nitrogens is 3. The topological polar surface area (TPSA) is 78.1 Å². The minimum absolute atomic E-state index is 0.545. The molecule has 0 spiro atoms. The Labute approximate surface area is 325 Å². The first-order chi connectivity index (χ1) is 28.2. The molecule has 0 fully saturated rings. The first-order valence-corrected chi connectivity index (χ1v) is 18.9. The Morgan fingerprint density at radius 1 is 0.281 bits per heavy atom. The van der Waals surface area contributed by atoms with Gasteiger partial charge in [0.25, 0.3) is 0 Å². The minimum Gasteiger partial charge on any atom is -0.456 e. The fourth-order valence-electron chi connectivity index (χ4n) is 8.24. The van der Waals surface area contributed by atoms with Gasteiger partial charge in [-0.2, -0.15) is 0 Å². The molecule has 0 aliphatic heterocycles. The zero-order valence-corrected chi connectivity index (χ0v) is 30.3. The van der Waals surface area contributed by atoms with Crippen molar-refractivity contribution in [1.29, 1.82) is 0 Å². The molecule has 4 heterocycles. The van der Waals surface area contributed by atoms with E-state index in [4.69, 9.17) is 28.2 Å². The van der Waals surface area contributed by atoms with E-state index in [9.17, 15) is 0 Å². The van der Waals surface area contributed by atoms with Crippen LogP contribution in [-0.4, -0.2) is 15.0 Å². The molecule has 0 radical (unpaired) electrons. The molecule has 57 heavy (non-hydrogen) atoms. The molecule has 4 aromatic heterocycles. The van der Waals surface area contributed by atoms with Crippen LogP contribution in [0.25, 0.3) is 122 Å². The molecule has 266 valence electrons. The predicted octanol–water partition coefficient (Wildman–Crippen LogP) is 13.9. The third-order valence-corrected chi connectivity index (χ3v) is 11.0.